The summed E-state index contributed by atoms with van der Waals surface area (Å²) in [4.78, 5) is 28.6. The molecule has 3 aliphatic rings. The largest absolute Gasteiger partial charge is 0.336 e. The van der Waals surface area contributed by atoms with Crippen LogP contribution in [0.2, 0.25) is 0 Å². The number of fused-ring (bicyclic) bond motifs is 2. The van der Waals surface area contributed by atoms with Gasteiger partial charge in [-0.15, -0.1) is 5.10 Å². The highest BCUT2D eigenvalue weighted by Gasteiger charge is 2.49. The van der Waals surface area contributed by atoms with E-state index in [1.165, 1.54) is 11.0 Å². The van der Waals surface area contributed by atoms with Crippen molar-refractivity contribution in [2.75, 3.05) is 13.1 Å². The van der Waals surface area contributed by atoms with Crippen molar-refractivity contribution in [2.45, 2.75) is 51.2 Å². The van der Waals surface area contributed by atoms with Crippen molar-refractivity contribution < 1.29 is 9.59 Å². The third-order valence-electron chi connectivity index (χ3n) is 5.25. The number of rotatable bonds is 4. The Hall–Kier alpha value is -1.99. The van der Waals surface area contributed by atoms with Gasteiger partial charge in [-0.1, -0.05) is 6.92 Å². The second kappa shape index (κ2) is 4.76. The molecule has 1 aromatic rings. The fourth-order valence-electron chi connectivity index (χ4n) is 3.62. The summed E-state index contributed by atoms with van der Waals surface area (Å²) in [5.41, 5.74) is 0.245. The maximum Gasteiger partial charge on any atom is 0.244 e. The van der Waals surface area contributed by atoms with Gasteiger partial charge in [-0.25, -0.2) is 4.68 Å². The predicted molar refractivity (Wildman–Crippen MR) is 75.4 cm³/mol. The smallest absolute Gasteiger partial charge is 0.244 e. The Balaban J connectivity index is 1.35. The van der Waals surface area contributed by atoms with Gasteiger partial charge in [0, 0.05) is 19.5 Å². The average Bonchev–Trinajstić information content (AvgIpc) is 2.97. The first-order valence-electron chi connectivity index (χ1n) is 7.84. The monoisotopic (exact) mass is 304 g/mol. The highest BCUT2D eigenvalue weighted by molar-refractivity contribution is 5.80. The molecule has 1 aliphatic carbocycles. The molecular weight excluding hydrogens is 284 g/mol. The molecule has 118 valence electrons. The zero-order chi connectivity index (χ0) is 15.3. The van der Waals surface area contributed by atoms with Gasteiger partial charge in [-0.3, -0.25) is 9.59 Å². The van der Waals surface area contributed by atoms with Crippen molar-refractivity contribution in [3.8, 4) is 0 Å². The molecule has 0 N–H and O–H groups in total. The number of aromatic nitrogens is 4. The molecule has 2 amide bonds. The van der Waals surface area contributed by atoms with Crippen molar-refractivity contribution in [2.24, 2.45) is 5.41 Å². The van der Waals surface area contributed by atoms with Crippen molar-refractivity contribution in [1.29, 1.82) is 0 Å². The highest BCUT2D eigenvalue weighted by atomic mass is 16.2. The highest BCUT2D eigenvalue weighted by Crippen LogP contribution is 2.49. The van der Waals surface area contributed by atoms with E-state index in [0.29, 0.717) is 19.5 Å². The Kier molecular flexibility index (Phi) is 2.95. The van der Waals surface area contributed by atoms with E-state index >= 15 is 0 Å². The van der Waals surface area contributed by atoms with E-state index in [0.717, 1.165) is 19.3 Å². The lowest BCUT2D eigenvalue weighted by Crippen LogP contribution is -2.51. The molecule has 8 heteroatoms. The molecule has 3 fully saturated rings. The lowest BCUT2D eigenvalue weighted by atomic mass is 10.0. The van der Waals surface area contributed by atoms with E-state index in [-0.39, 0.29) is 35.9 Å². The fourth-order valence-corrected chi connectivity index (χ4v) is 3.62. The molecule has 1 saturated carbocycles. The lowest BCUT2D eigenvalue weighted by molar-refractivity contribution is -0.140. The number of piperazine rings is 1. The van der Waals surface area contributed by atoms with Gasteiger partial charge in [0.05, 0.1) is 12.1 Å². The quantitative estimate of drug-likeness (QED) is 0.761. The summed E-state index contributed by atoms with van der Waals surface area (Å²) in [7, 11) is 0. The van der Waals surface area contributed by atoms with Gasteiger partial charge < -0.3 is 9.80 Å². The van der Waals surface area contributed by atoms with Crippen LogP contribution in [0.1, 0.15) is 32.6 Å². The predicted octanol–water partition coefficient (Wildman–Crippen LogP) is -0.325. The van der Waals surface area contributed by atoms with Crippen molar-refractivity contribution in [3.63, 3.8) is 0 Å². The van der Waals surface area contributed by atoms with Gasteiger partial charge in [0.25, 0.3) is 0 Å². The van der Waals surface area contributed by atoms with Gasteiger partial charge in [-0.05, 0) is 35.1 Å². The standard InChI is InChI=1S/C14H20N6O2/c1-14(2-3-14)5-12(21)19-6-11-4-10(19)7-20(11)13(22)8-18-9-15-16-17-18/h9-11H,2-8H2,1H3/t10-,11-/m0/s1. The summed E-state index contributed by atoms with van der Waals surface area (Å²) in [6.07, 6.45) is 5.34. The third-order valence-corrected chi connectivity index (χ3v) is 5.25. The minimum absolute atomic E-state index is 0.0288. The van der Waals surface area contributed by atoms with Crippen LogP contribution in [0.15, 0.2) is 6.33 Å². The molecular formula is C14H20N6O2. The summed E-state index contributed by atoms with van der Waals surface area (Å²) < 4.78 is 1.44. The van der Waals surface area contributed by atoms with Crippen molar-refractivity contribution in [1.82, 2.24) is 30.0 Å². The normalized spacial score (nSPS) is 28.2. The zero-order valence-corrected chi connectivity index (χ0v) is 12.7. The lowest BCUT2D eigenvalue weighted by Gasteiger charge is -2.34. The first kappa shape index (κ1) is 13.7. The van der Waals surface area contributed by atoms with Crippen molar-refractivity contribution >= 4 is 11.8 Å². The second-order valence-electron chi connectivity index (χ2n) is 7.13. The Morgan fingerprint density at radius 2 is 1.86 bits per heavy atom. The van der Waals surface area contributed by atoms with Gasteiger partial charge in [0.2, 0.25) is 11.8 Å². The van der Waals surface area contributed by atoms with Gasteiger partial charge in [0.1, 0.15) is 12.9 Å². The molecule has 2 aliphatic heterocycles. The van der Waals surface area contributed by atoms with E-state index in [1.807, 2.05) is 9.80 Å². The molecule has 2 atom stereocenters. The van der Waals surface area contributed by atoms with E-state index in [4.69, 9.17) is 0 Å². The first-order valence-corrected chi connectivity index (χ1v) is 7.84. The molecule has 8 nitrogen and oxygen atoms in total. The Morgan fingerprint density at radius 1 is 1.18 bits per heavy atom. The molecule has 1 aromatic heterocycles. The summed E-state index contributed by atoms with van der Waals surface area (Å²) in [5.74, 6) is 0.293. The molecule has 2 bridgehead atoms. The van der Waals surface area contributed by atoms with E-state index in [2.05, 4.69) is 22.4 Å². The van der Waals surface area contributed by atoms with Crippen LogP contribution in [0, 0.1) is 5.41 Å². The van der Waals surface area contributed by atoms with E-state index < -0.39 is 0 Å². The first-order chi connectivity index (χ1) is 10.5. The number of nitrogens with zero attached hydrogens (tertiary/aromatic N) is 6. The molecule has 0 unspecified atom stereocenters. The van der Waals surface area contributed by atoms with Crippen LogP contribution in [0.4, 0.5) is 0 Å². The van der Waals surface area contributed by atoms with E-state index in [9.17, 15) is 9.59 Å². The molecule has 0 aromatic carbocycles. The van der Waals surface area contributed by atoms with Crippen molar-refractivity contribution in [3.05, 3.63) is 6.33 Å². The maximum absolute atomic E-state index is 12.4. The molecule has 3 heterocycles. The average molecular weight is 304 g/mol. The van der Waals surface area contributed by atoms with Gasteiger partial charge in [0.15, 0.2) is 0 Å². The topological polar surface area (TPSA) is 84.2 Å². The summed E-state index contributed by atoms with van der Waals surface area (Å²) in [6.45, 7) is 3.68. The van der Waals surface area contributed by atoms with Crippen LogP contribution >= 0.6 is 0 Å². The van der Waals surface area contributed by atoms with Crippen LogP contribution in [0.3, 0.4) is 0 Å². The van der Waals surface area contributed by atoms with Crippen LogP contribution in [0.5, 0.6) is 0 Å². The zero-order valence-electron chi connectivity index (χ0n) is 12.7. The fraction of sp³-hybridized carbons (Fsp3) is 0.786. The number of carbonyl (C=O) groups excluding carboxylic acids is 2. The Morgan fingerprint density at radius 3 is 2.41 bits per heavy atom. The minimum atomic E-state index is 0.0288. The summed E-state index contributed by atoms with van der Waals surface area (Å²) in [6, 6.07) is 0.350. The van der Waals surface area contributed by atoms with Crippen LogP contribution in [0.25, 0.3) is 0 Å². The molecule has 0 spiro atoms. The maximum atomic E-state index is 12.4. The Labute approximate surface area is 128 Å². The van der Waals surface area contributed by atoms with E-state index in [1.54, 1.807) is 0 Å². The van der Waals surface area contributed by atoms with Gasteiger partial charge in [-0.2, -0.15) is 0 Å². The number of tetrazole rings is 1. The molecule has 0 radical (unpaired) electrons. The molecule has 22 heavy (non-hydrogen) atoms. The van der Waals surface area contributed by atoms with Crippen LogP contribution in [-0.2, 0) is 16.1 Å². The van der Waals surface area contributed by atoms with Crippen LogP contribution < -0.4 is 0 Å². The number of hydrogen-bond donors (Lipinski definition) is 0. The number of likely N-dealkylation sites (tertiary alicyclic amines) is 2. The number of hydrogen-bond acceptors (Lipinski definition) is 5. The van der Waals surface area contributed by atoms with Gasteiger partial charge >= 0.3 is 0 Å². The summed E-state index contributed by atoms with van der Waals surface area (Å²) >= 11 is 0. The second-order valence-corrected chi connectivity index (χ2v) is 7.13. The van der Waals surface area contributed by atoms with Crippen LogP contribution in [-0.4, -0.2) is 67.0 Å². The Bertz CT molecular complexity index is 596. The summed E-state index contributed by atoms with van der Waals surface area (Å²) in [5, 5.41) is 10.8. The number of carbonyl (C=O) groups is 2. The molecule has 4 rings (SSSR count). The molecule has 2 saturated heterocycles. The third kappa shape index (κ3) is 2.36. The minimum Gasteiger partial charge on any atom is -0.336 e. The number of amides is 2. The SMILES string of the molecule is CC1(CC(=O)N2C[C@@H]3C[C@H]2CN3C(=O)Cn2cnnn2)CC1.